The molecule has 106 valence electrons. The van der Waals surface area contributed by atoms with Crippen LogP contribution in [0.15, 0.2) is 28.7 Å². The molecule has 1 aromatic rings. The molecule has 1 saturated heterocycles. The smallest absolute Gasteiger partial charge is 0.0667 e. The lowest BCUT2D eigenvalue weighted by Gasteiger charge is -2.39. The van der Waals surface area contributed by atoms with Crippen molar-refractivity contribution in [2.45, 2.75) is 44.4 Å². The molecular weight excluding hydrogens is 304 g/mol. The Morgan fingerprint density at radius 1 is 1.53 bits per heavy atom. The predicted octanol–water partition coefficient (Wildman–Crippen LogP) is 2.68. The number of β-amino-alcohol motifs (C(OH)–C–C–N with tert-alkyl or cyclic N) is 1. The van der Waals surface area contributed by atoms with E-state index in [0.29, 0.717) is 0 Å². The summed E-state index contributed by atoms with van der Waals surface area (Å²) >= 11 is 3.53. The van der Waals surface area contributed by atoms with Gasteiger partial charge in [-0.1, -0.05) is 35.0 Å². The van der Waals surface area contributed by atoms with Crippen LogP contribution in [0.3, 0.4) is 0 Å². The van der Waals surface area contributed by atoms with Gasteiger partial charge in [0, 0.05) is 17.1 Å². The normalized spacial score (nSPS) is 24.1. The van der Waals surface area contributed by atoms with Gasteiger partial charge in [0.2, 0.25) is 0 Å². The van der Waals surface area contributed by atoms with Crippen LogP contribution >= 0.6 is 15.9 Å². The van der Waals surface area contributed by atoms with Gasteiger partial charge in [-0.2, -0.15) is 0 Å². The Balaban J connectivity index is 2.25. The maximum absolute atomic E-state index is 9.89. The van der Waals surface area contributed by atoms with Crippen molar-refractivity contribution in [3.8, 4) is 0 Å². The van der Waals surface area contributed by atoms with E-state index in [4.69, 9.17) is 5.73 Å². The Morgan fingerprint density at radius 2 is 2.32 bits per heavy atom. The molecule has 0 radical (unpaired) electrons. The van der Waals surface area contributed by atoms with E-state index < -0.39 is 0 Å². The molecule has 0 aliphatic carbocycles. The van der Waals surface area contributed by atoms with Crippen LogP contribution in [0.5, 0.6) is 0 Å². The number of likely N-dealkylation sites (tertiary alicyclic amines) is 1. The van der Waals surface area contributed by atoms with Crippen LogP contribution in [0.25, 0.3) is 0 Å². The van der Waals surface area contributed by atoms with Crippen LogP contribution in [0.1, 0.15) is 37.8 Å². The summed E-state index contributed by atoms with van der Waals surface area (Å²) in [7, 11) is 0. The van der Waals surface area contributed by atoms with Gasteiger partial charge < -0.3 is 10.8 Å². The molecule has 0 aromatic heterocycles. The van der Waals surface area contributed by atoms with Gasteiger partial charge in [-0.3, -0.25) is 4.90 Å². The monoisotopic (exact) mass is 326 g/mol. The molecule has 2 rings (SSSR count). The number of hydrogen-bond donors (Lipinski definition) is 2. The van der Waals surface area contributed by atoms with E-state index in [1.54, 1.807) is 0 Å². The number of hydrogen-bond acceptors (Lipinski definition) is 3. The van der Waals surface area contributed by atoms with Crippen LogP contribution in [0.4, 0.5) is 0 Å². The molecule has 1 aromatic carbocycles. The molecule has 0 spiro atoms. The topological polar surface area (TPSA) is 49.5 Å². The van der Waals surface area contributed by atoms with Gasteiger partial charge in [-0.25, -0.2) is 0 Å². The summed E-state index contributed by atoms with van der Waals surface area (Å²) in [4.78, 5) is 2.34. The SMILES string of the molecule is CCC(N)C(c1cccc(Br)c1)N1CCCC(O)C1. The molecule has 3 N–H and O–H groups in total. The maximum Gasteiger partial charge on any atom is 0.0667 e. The molecule has 1 heterocycles. The molecule has 3 unspecified atom stereocenters. The van der Waals surface area contributed by atoms with Gasteiger partial charge in [0.25, 0.3) is 0 Å². The standard InChI is InChI=1S/C15H23BrN2O/c1-2-14(17)15(11-5-3-6-12(16)9-11)18-8-4-7-13(19)10-18/h3,5-6,9,13-15,19H,2,4,7-8,10,17H2,1H3. The van der Waals surface area contributed by atoms with Crippen LogP contribution in [0.2, 0.25) is 0 Å². The summed E-state index contributed by atoms with van der Waals surface area (Å²) in [5.41, 5.74) is 7.57. The highest BCUT2D eigenvalue weighted by molar-refractivity contribution is 9.10. The molecular formula is C15H23BrN2O. The number of aliphatic hydroxyl groups excluding tert-OH is 1. The lowest BCUT2D eigenvalue weighted by atomic mass is 9.94. The predicted molar refractivity (Wildman–Crippen MR) is 82.0 cm³/mol. The Labute approximate surface area is 123 Å². The van der Waals surface area contributed by atoms with Crippen LogP contribution in [-0.2, 0) is 0 Å². The zero-order valence-electron chi connectivity index (χ0n) is 11.4. The van der Waals surface area contributed by atoms with Gasteiger partial charge in [0.05, 0.1) is 12.1 Å². The van der Waals surface area contributed by atoms with E-state index >= 15 is 0 Å². The van der Waals surface area contributed by atoms with Crippen molar-refractivity contribution in [3.63, 3.8) is 0 Å². The van der Waals surface area contributed by atoms with Crippen molar-refractivity contribution in [2.24, 2.45) is 5.73 Å². The Kier molecular flexibility index (Phi) is 5.39. The second-order valence-corrected chi connectivity index (χ2v) is 6.28. The fourth-order valence-corrected chi connectivity index (χ4v) is 3.30. The molecule has 0 bridgehead atoms. The van der Waals surface area contributed by atoms with Gasteiger partial charge >= 0.3 is 0 Å². The molecule has 3 nitrogen and oxygen atoms in total. The third kappa shape index (κ3) is 3.78. The highest BCUT2D eigenvalue weighted by Crippen LogP contribution is 2.29. The van der Waals surface area contributed by atoms with Gasteiger partial charge in [-0.05, 0) is 43.5 Å². The molecule has 0 amide bonds. The number of nitrogens with zero attached hydrogens (tertiary/aromatic N) is 1. The minimum atomic E-state index is -0.215. The Morgan fingerprint density at radius 3 is 2.95 bits per heavy atom. The summed E-state index contributed by atoms with van der Waals surface area (Å²) < 4.78 is 1.08. The lowest BCUT2D eigenvalue weighted by molar-refractivity contribution is 0.0385. The van der Waals surface area contributed by atoms with Crippen molar-refractivity contribution in [1.29, 1.82) is 0 Å². The van der Waals surface area contributed by atoms with Crippen molar-refractivity contribution in [3.05, 3.63) is 34.3 Å². The highest BCUT2D eigenvalue weighted by Gasteiger charge is 2.29. The van der Waals surface area contributed by atoms with Crippen molar-refractivity contribution in [2.75, 3.05) is 13.1 Å². The first kappa shape index (κ1) is 15.0. The van der Waals surface area contributed by atoms with Crippen molar-refractivity contribution in [1.82, 2.24) is 4.90 Å². The van der Waals surface area contributed by atoms with Crippen molar-refractivity contribution >= 4 is 15.9 Å². The molecule has 4 heteroatoms. The Hall–Kier alpha value is -0.420. The summed E-state index contributed by atoms with van der Waals surface area (Å²) in [6.07, 6.45) is 2.67. The summed E-state index contributed by atoms with van der Waals surface area (Å²) in [6.45, 7) is 3.86. The van der Waals surface area contributed by atoms with Crippen LogP contribution < -0.4 is 5.73 Å². The van der Waals surface area contributed by atoms with E-state index in [2.05, 4.69) is 46.0 Å². The second-order valence-electron chi connectivity index (χ2n) is 5.36. The first-order chi connectivity index (χ1) is 9.11. The number of benzene rings is 1. The third-order valence-corrected chi connectivity index (χ3v) is 4.38. The van der Waals surface area contributed by atoms with E-state index in [9.17, 15) is 5.11 Å². The molecule has 3 atom stereocenters. The minimum absolute atomic E-state index is 0.0969. The number of aliphatic hydroxyl groups is 1. The average molecular weight is 327 g/mol. The van der Waals surface area contributed by atoms with E-state index in [-0.39, 0.29) is 18.2 Å². The maximum atomic E-state index is 9.89. The van der Waals surface area contributed by atoms with E-state index in [1.807, 2.05) is 6.07 Å². The first-order valence-electron chi connectivity index (χ1n) is 7.05. The molecule has 19 heavy (non-hydrogen) atoms. The van der Waals surface area contributed by atoms with Crippen LogP contribution in [0, 0.1) is 0 Å². The quantitative estimate of drug-likeness (QED) is 0.894. The molecule has 1 fully saturated rings. The van der Waals surface area contributed by atoms with Gasteiger partial charge in [-0.15, -0.1) is 0 Å². The summed E-state index contributed by atoms with van der Waals surface area (Å²) in [5, 5.41) is 9.89. The van der Waals surface area contributed by atoms with E-state index in [0.717, 1.165) is 36.8 Å². The van der Waals surface area contributed by atoms with Crippen molar-refractivity contribution < 1.29 is 5.11 Å². The van der Waals surface area contributed by atoms with Gasteiger partial charge in [0.15, 0.2) is 0 Å². The fourth-order valence-electron chi connectivity index (χ4n) is 2.88. The molecule has 1 aliphatic heterocycles. The Bertz CT molecular complexity index is 413. The molecule has 0 saturated carbocycles. The zero-order chi connectivity index (χ0) is 13.8. The number of piperidine rings is 1. The highest BCUT2D eigenvalue weighted by atomic mass is 79.9. The molecule has 1 aliphatic rings. The third-order valence-electron chi connectivity index (χ3n) is 3.89. The largest absolute Gasteiger partial charge is 0.392 e. The lowest BCUT2D eigenvalue weighted by Crippen LogP contribution is -2.47. The van der Waals surface area contributed by atoms with Crippen LogP contribution in [-0.4, -0.2) is 35.2 Å². The first-order valence-corrected chi connectivity index (χ1v) is 7.84. The zero-order valence-corrected chi connectivity index (χ0v) is 13.0. The second kappa shape index (κ2) is 6.84. The summed E-state index contributed by atoms with van der Waals surface area (Å²) in [5.74, 6) is 0. The number of nitrogens with two attached hydrogens (primary N) is 1. The average Bonchev–Trinajstić information content (AvgIpc) is 2.39. The summed E-state index contributed by atoms with van der Waals surface area (Å²) in [6, 6.07) is 8.64. The van der Waals surface area contributed by atoms with Gasteiger partial charge in [0.1, 0.15) is 0 Å². The number of halogens is 1. The van der Waals surface area contributed by atoms with E-state index in [1.165, 1.54) is 5.56 Å². The minimum Gasteiger partial charge on any atom is -0.392 e. The fraction of sp³-hybridized carbons (Fsp3) is 0.600. The number of rotatable bonds is 4.